The van der Waals surface area contributed by atoms with Gasteiger partial charge in [-0.3, -0.25) is 19.7 Å². The maximum absolute atomic E-state index is 13.5. The molecule has 1 aliphatic heterocycles. The van der Waals surface area contributed by atoms with Crippen molar-refractivity contribution >= 4 is 44.8 Å². The van der Waals surface area contributed by atoms with Crippen molar-refractivity contribution in [2.45, 2.75) is 13.3 Å². The molecule has 2 amide bonds. The second kappa shape index (κ2) is 7.43. The van der Waals surface area contributed by atoms with E-state index in [-0.39, 0.29) is 30.5 Å². The van der Waals surface area contributed by atoms with Crippen molar-refractivity contribution in [1.29, 1.82) is 0 Å². The van der Waals surface area contributed by atoms with E-state index >= 15 is 0 Å². The number of nitrogens with zero attached hydrogens (tertiary/aromatic N) is 2. The number of aryl methyl sites for hydroxylation is 1. The summed E-state index contributed by atoms with van der Waals surface area (Å²) >= 11 is 3.38. The van der Waals surface area contributed by atoms with E-state index in [0.717, 1.165) is 22.2 Å². The van der Waals surface area contributed by atoms with Crippen molar-refractivity contribution in [3.8, 4) is 0 Å². The standard InChI is InChI=1S/C18H15BrFN3O4/c1-10-2-5-15(13(19)6-10)21-18(25)11-7-17(24)22(9-11)12-3-4-14(20)16(8-12)23(26)27/h2-6,8,11H,7,9H2,1H3,(H,21,25). The van der Waals surface area contributed by atoms with Gasteiger partial charge in [0.05, 0.1) is 22.2 Å². The number of rotatable bonds is 4. The van der Waals surface area contributed by atoms with Gasteiger partial charge in [-0.25, -0.2) is 0 Å². The molecule has 0 bridgehead atoms. The van der Waals surface area contributed by atoms with Gasteiger partial charge in [0.2, 0.25) is 17.6 Å². The van der Waals surface area contributed by atoms with Crippen LogP contribution in [0.2, 0.25) is 0 Å². The third-order valence-corrected chi connectivity index (χ3v) is 4.97. The highest BCUT2D eigenvalue weighted by Gasteiger charge is 2.36. The van der Waals surface area contributed by atoms with Gasteiger partial charge in [0.15, 0.2) is 0 Å². The lowest BCUT2D eigenvalue weighted by Crippen LogP contribution is -2.28. The molecule has 1 heterocycles. The predicted octanol–water partition coefficient (Wildman–Crippen LogP) is 3.80. The predicted molar refractivity (Wildman–Crippen MR) is 101 cm³/mol. The minimum atomic E-state index is -0.978. The lowest BCUT2D eigenvalue weighted by Gasteiger charge is -2.17. The van der Waals surface area contributed by atoms with E-state index < -0.39 is 22.3 Å². The summed E-state index contributed by atoms with van der Waals surface area (Å²) in [4.78, 5) is 36.1. The maximum Gasteiger partial charge on any atom is 0.306 e. The van der Waals surface area contributed by atoms with Crippen LogP contribution in [0.25, 0.3) is 0 Å². The molecular weight excluding hydrogens is 421 g/mol. The number of amides is 2. The van der Waals surface area contributed by atoms with Crippen LogP contribution in [0.4, 0.5) is 21.5 Å². The highest BCUT2D eigenvalue weighted by molar-refractivity contribution is 9.10. The van der Waals surface area contributed by atoms with Crippen molar-refractivity contribution in [3.05, 3.63) is 62.4 Å². The fourth-order valence-corrected chi connectivity index (χ4v) is 3.49. The third-order valence-electron chi connectivity index (χ3n) is 4.32. The van der Waals surface area contributed by atoms with Crippen LogP contribution in [-0.4, -0.2) is 23.3 Å². The van der Waals surface area contributed by atoms with Crippen LogP contribution in [0.5, 0.6) is 0 Å². The summed E-state index contributed by atoms with van der Waals surface area (Å²) in [5.74, 6) is -2.27. The minimum absolute atomic E-state index is 0.0273. The average Bonchev–Trinajstić information content (AvgIpc) is 2.99. The first-order valence-corrected chi connectivity index (χ1v) is 8.87. The Labute approximate surface area is 162 Å². The van der Waals surface area contributed by atoms with E-state index in [4.69, 9.17) is 0 Å². The van der Waals surface area contributed by atoms with Crippen LogP contribution in [-0.2, 0) is 9.59 Å². The number of hydrogen-bond acceptors (Lipinski definition) is 4. The number of benzene rings is 2. The first-order valence-electron chi connectivity index (χ1n) is 8.07. The number of nitro benzene ring substituents is 1. The maximum atomic E-state index is 13.5. The van der Waals surface area contributed by atoms with Gasteiger partial charge in [0, 0.05) is 23.5 Å². The summed E-state index contributed by atoms with van der Waals surface area (Å²) in [6.45, 7) is 1.99. The molecule has 2 aromatic rings. The summed E-state index contributed by atoms with van der Waals surface area (Å²) < 4.78 is 14.2. The molecule has 0 aliphatic carbocycles. The summed E-state index contributed by atoms with van der Waals surface area (Å²) in [6, 6.07) is 8.71. The zero-order valence-electron chi connectivity index (χ0n) is 14.2. The zero-order valence-corrected chi connectivity index (χ0v) is 15.8. The van der Waals surface area contributed by atoms with E-state index in [9.17, 15) is 24.1 Å². The molecule has 27 heavy (non-hydrogen) atoms. The van der Waals surface area contributed by atoms with Gasteiger partial charge in [-0.15, -0.1) is 0 Å². The molecule has 1 unspecified atom stereocenters. The fourth-order valence-electron chi connectivity index (χ4n) is 2.90. The molecule has 1 atom stereocenters. The number of hydrogen-bond donors (Lipinski definition) is 1. The van der Waals surface area contributed by atoms with E-state index in [1.807, 2.05) is 19.1 Å². The van der Waals surface area contributed by atoms with Gasteiger partial charge >= 0.3 is 5.69 Å². The molecule has 0 saturated carbocycles. The van der Waals surface area contributed by atoms with E-state index in [1.54, 1.807) is 6.07 Å². The largest absolute Gasteiger partial charge is 0.325 e. The molecule has 140 valence electrons. The molecule has 1 aliphatic rings. The molecular formula is C18H15BrFN3O4. The minimum Gasteiger partial charge on any atom is -0.325 e. The van der Waals surface area contributed by atoms with Crippen molar-refractivity contribution in [3.63, 3.8) is 0 Å². The van der Waals surface area contributed by atoms with Crippen molar-refractivity contribution in [2.24, 2.45) is 5.92 Å². The van der Waals surface area contributed by atoms with E-state index in [1.165, 1.54) is 11.0 Å². The summed E-state index contributed by atoms with van der Waals surface area (Å²) in [7, 11) is 0. The molecule has 0 spiro atoms. The number of halogens is 2. The Kier molecular flexibility index (Phi) is 5.22. The number of carbonyl (C=O) groups is 2. The Hall–Kier alpha value is -2.81. The SMILES string of the molecule is Cc1ccc(NC(=O)C2CC(=O)N(c3ccc(F)c([N+](=O)[O-])c3)C2)c(Br)c1. The Balaban J connectivity index is 1.76. The van der Waals surface area contributed by atoms with Gasteiger partial charge in [-0.05, 0) is 52.7 Å². The van der Waals surface area contributed by atoms with Crippen LogP contribution < -0.4 is 10.2 Å². The van der Waals surface area contributed by atoms with Crippen molar-refractivity contribution in [2.75, 3.05) is 16.8 Å². The molecule has 0 aromatic heterocycles. The number of carbonyl (C=O) groups excluding carboxylic acids is 2. The molecule has 2 aromatic carbocycles. The van der Waals surface area contributed by atoms with Gasteiger partial charge in [-0.1, -0.05) is 6.07 Å². The van der Waals surface area contributed by atoms with E-state index in [2.05, 4.69) is 21.2 Å². The Morgan fingerprint density at radius 2 is 2.07 bits per heavy atom. The fraction of sp³-hybridized carbons (Fsp3) is 0.222. The summed E-state index contributed by atoms with van der Waals surface area (Å²) in [6.07, 6.45) is -0.0273. The van der Waals surface area contributed by atoms with Crippen molar-refractivity contribution in [1.82, 2.24) is 0 Å². The Morgan fingerprint density at radius 1 is 1.33 bits per heavy atom. The highest BCUT2D eigenvalue weighted by Crippen LogP contribution is 2.31. The molecule has 3 rings (SSSR count). The molecule has 1 fully saturated rings. The molecule has 7 nitrogen and oxygen atoms in total. The molecule has 9 heteroatoms. The second-order valence-electron chi connectivity index (χ2n) is 6.27. The molecule has 1 N–H and O–H groups in total. The Morgan fingerprint density at radius 3 is 2.74 bits per heavy atom. The number of nitro groups is 1. The lowest BCUT2D eigenvalue weighted by atomic mass is 10.1. The summed E-state index contributed by atoms with van der Waals surface area (Å²) in [5, 5.41) is 13.7. The van der Waals surface area contributed by atoms with Crippen LogP contribution in [0.15, 0.2) is 40.9 Å². The number of anilines is 2. The average molecular weight is 436 g/mol. The van der Waals surface area contributed by atoms with Crippen LogP contribution in [0, 0.1) is 28.8 Å². The normalized spacial score (nSPS) is 16.5. The van der Waals surface area contributed by atoms with Crippen LogP contribution in [0.1, 0.15) is 12.0 Å². The first-order chi connectivity index (χ1) is 12.8. The quantitative estimate of drug-likeness (QED) is 0.583. The second-order valence-corrected chi connectivity index (χ2v) is 7.13. The summed E-state index contributed by atoms with van der Waals surface area (Å²) in [5.41, 5.74) is 1.10. The monoisotopic (exact) mass is 435 g/mol. The van der Waals surface area contributed by atoms with Gasteiger partial charge < -0.3 is 10.2 Å². The first kappa shape index (κ1) is 19.0. The van der Waals surface area contributed by atoms with Gasteiger partial charge in [0.25, 0.3) is 0 Å². The van der Waals surface area contributed by atoms with Gasteiger partial charge in [-0.2, -0.15) is 4.39 Å². The lowest BCUT2D eigenvalue weighted by molar-refractivity contribution is -0.387. The highest BCUT2D eigenvalue weighted by atomic mass is 79.9. The molecule has 0 radical (unpaired) electrons. The smallest absolute Gasteiger partial charge is 0.306 e. The Bertz CT molecular complexity index is 950. The zero-order chi connectivity index (χ0) is 19.7. The topological polar surface area (TPSA) is 92.6 Å². The van der Waals surface area contributed by atoms with E-state index in [0.29, 0.717) is 5.69 Å². The van der Waals surface area contributed by atoms with Crippen LogP contribution in [0.3, 0.4) is 0 Å². The number of nitrogens with one attached hydrogen (secondary N) is 1. The van der Waals surface area contributed by atoms with Gasteiger partial charge in [0.1, 0.15) is 0 Å². The van der Waals surface area contributed by atoms with Crippen LogP contribution >= 0.6 is 15.9 Å². The third kappa shape index (κ3) is 3.97. The molecule has 1 saturated heterocycles. The van der Waals surface area contributed by atoms with Crippen molar-refractivity contribution < 1.29 is 18.9 Å².